The molecule has 0 heterocycles. The Morgan fingerprint density at radius 2 is 2.11 bits per heavy atom. The maximum Gasteiger partial charge on any atom is 0.251 e. The molecule has 0 bridgehead atoms. The number of alkyl halides is 1. The van der Waals surface area contributed by atoms with Gasteiger partial charge in [-0.3, -0.25) is 4.79 Å². The van der Waals surface area contributed by atoms with Gasteiger partial charge in [0.1, 0.15) is 5.75 Å². The average molecular weight is 326 g/mol. The first-order valence-electron chi connectivity index (χ1n) is 6.63. The van der Waals surface area contributed by atoms with Gasteiger partial charge in [-0.2, -0.15) is 0 Å². The number of ether oxygens (including phenoxy) is 1. The summed E-state index contributed by atoms with van der Waals surface area (Å²) in [7, 11) is 1.63. The van der Waals surface area contributed by atoms with Crippen molar-refractivity contribution in [2.24, 2.45) is 0 Å². The molecule has 104 valence electrons. The molecule has 1 aromatic carbocycles. The lowest BCUT2D eigenvalue weighted by molar-refractivity contribution is 0.0910. The van der Waals surface area contributed by atoms with Crippen LogP contribution in [-0.4, -0.2) is 23.9 Å². The Kier molecular flexibility index (Phi) is 4.50. The molecule has 0 unspecified atom stereocenters. The summed E-state index contributed by atoms with van der Waals surface area (Å²) >= 11 is 3.53. The van der Waals surface area contributed by atoms with Crippen molar-refractivity contribution in [3.05, 3.63) is 29.3 Å². The molecule has 1 aliphatic carbocycles. The number of hydrogen-bond donors (Lipinski definition) is 1. The van der Waals surface area contributed by atoms with Crippen LogP contribution < -0.4 is 10.1 Å². The summed E-state index contributed by atoms with van der Waals surface area (Å²) in [5.74, 6) is 0.742. The number of nitrogens with one attached hydrogen (secondary N) is 1. The highest BCUT2D eigenvalue weighted by Gasteiger charge is 2.34. The van der Waals surface area contributed by atoms with Crippen molar-refractivity contribution in [2.75, 3.05) is 12.4 Å². The normalized spacial score (nSPS) is 17.2. The minimum absolute atomic E-state index is 0.0142. The predicted octanol–water partition coefficient (Wildman–Crippen LogP) is 3.44. The molecule has 3 nitrogen and oxygen atoms in total. The van der Waals surface area contributed by atoms with Crippen LogP contribution in [0.5, 0.6) is 5.75 Å². The van der Waals surface area contributed by atoms with Crippen LogP contribution in [0, 0.1) is 6.92 Å². The zero-order valence-corrected chi connectivity index (χ0v) is 13.0. The van der Waals surface area contributed by atoms with Gasteiger partial charge < -0.3 is 10.1 Å². The van der Waals surface area contributed by atoms with Crippen LogP contribution in [0.2, 0.25) is 0 Å². The summed E-state index contributed by atoms with van der Waals surface area (Å²) < 4.78 is 5.27. The first kappa shape index (κ1) is 14.4. The molecule has 1 saturated carbocycles. The Balaban J connectivity index is 2.15. The molecule has 4 heteroatoms. The van der Waals surface area contributed by atoms with Gasteiger partial charge in [-0.05, 0) is 37.5 Å². The van der Waals surface area contributed by atoms with Gasteiger partial charge in [0.25, 0.3) is 5.91 Å². The maximum atomic E-state index is 12.4. The summed E-state index contributed by atoms with van der Waals surface area (Å²) in [4.78, 5) is 12.4. The third kappa shape index (κ3) is 3.11. The molecule has 1 aliphatic rings. The van der Waals surface area contributed by atoms with E-state index in [1.165, 1.54) is 12.8 Å². The number of amides is 1. The van der Waals surface area contributed by atoms with Gasteiger partial charge in [0, 0.05) is 10.9 Å². The maximum absolute atomic E-state index is 12.4. The minimum Gasteiger partial charge on any atom is -0.496 e. The van der Waals surface area contributed by atoms with Crippen LogP contribution in [0.1, 0.15) is 41.6 Å². The van der Waals surface area contributed by atoms with Gasteiger partial charge in [0.15, 0.2) is 0 Å². The van der Waals surface area contributed by atoms with E-state index in [4.69, 9.17) is 4.74 Å². The first-order chi connectivity index (χ1) is 9.10. The SMILES string of the molecule is COc1cc(C(=O)NC2(CBr)CCCC2)ccc1C. The molecule has 2 rings (SSSR count). The summed E-state index contributed by atoms with van der Waals surface area (Å²) in [6.45, 7) is 1.97. The monoisotopic (exact) mass is 325 g/mol. The Morgan fingerprint density at radius 3 is 2.68 bits per heavy atom. The molecular formula is C15H20BrNO2. The second-order valence-electron chi connectivity index (χ2n) is 5.26. The molecule has 1 fully saturated rings. The lowest BCUT2D eigenvalue weighted by Gasteiger charge is -2.28. The van der Waals surface area contributed by atoms with Crippen LogP contribution in [0.4, 0.5) is 0 Å². The van der Waals surface area contributed by atoms with Crippen molar-refractivity contribution >= 4 is 21.8 Å². The molecule has 1 amide bonds. The summed E-state index contributed by atoms with van der Waals surface area (Å²) in [5.41, 5.74) is 1.62. The smallest absolute Gasteiger partial charge is 0.251 e. The second kappa shape index (κ2) is 5.95. The first-order valence-corrected chi connectivity index (χ1v) is 7.75. The number of aryl methyl sites for hydroxylation is 1. The molecule has 1 N–H and O–H groups in total. The van der Waals surface area contributed by atoms with E-state index >= 15 is 0 Å². The number of benzene rings is 1. The summed E-state index contributed by atoms with van der Waals surface area (Å²) in [6.07, 6.45) is 4.46. The van der Waals surface area contributed by atoms with Crippen molar-refractivity contribution < 1.29 is 9.53 Å². The quantitative estimate of drug-likeness (QED) is 0.861. The highest BCUT2D eigenvalue weighted by atomic mass is 79.9. The molecule has 0 aromatic heterocycles. The fourth-order valence-corrected chi connectivity index (χ4v) is 3.32. The third-order valence-electron chi connectivity index (χ3n) is 3.87. The molecule has 0 radical (unpaired) electrons. The fourth-order valence-electron chi connectivity index (χ4n) is 2.62. The molecule has 0 aliphatic heterocycles. The summed E-state index contributed by atoms with van der Waals surface area (Å²) in [5, 5.41) is 4.00. The number of carbonyl (C=O) groups is 1. The van der Waals surface area contributed by atoms with Crippen molar-refractivity contribution in [1.82, 2.24) is 5.32 Å². The van der Waals surface area contributed by atoms with Crippen LogP contribution in [0.3, 0.4) is 0 Å². The van der Waals surface area contributed by atoms with Crippen LogP contribution in [0.25, 0.3) is 0 Å². The molecule has 19 heavy (non-hydrogen) atoms. The van der Waals surface area contributed by atoms with Crippen molar-refractivity contribution in [3.63, 3.8) is 0 Å². The summed E-state index contributed by atoms with van der Waals surface area (Å²) in [6, 6.07) is 5.58. The number of rotatable bonds is 4. The van der Waals surface area contributed by atoms with E-state index in [0.717, 1.165) is 29.5 Å². The van der Waals surface area contributed by atoms with E-state index in [1.807, 2.05) is 25.1 Å². The minimum atomic E-state index is -0.0742. The molecule has 0 atom stereocenters. The molecular weight excluding hydrogens is 306 g/mol. The van der Waals surface area contributed by atoms with Gasteiger partial charge in [-0.1, -0.05) is 34.8 Å². The van der Waals surface area contributed by atoms with Gasteiger partial charge in [0.2, 0.25) is 0 Å². The molecule has 1 aromatic rings. The number of hydrogen-bond acceptors (Lipinski definition) is 2. The van der Waals surface area contributed by atoms with E-state index in [1.54, 1.807) is 7.11 Å². The van der Waals surface area contributed by atoms with Crippen LogP contribution in [-0.2, 0) is 0 Å². The average Bonchev–Trinajstić information content (AvgIpc) is 2.88. The van der Waals surface area contributed by atoms with Gasteiger partial charge >= 0.3 is 0 Å². The van der Waals surface area contributed by atoms with E-state index < -0.39 is 0 Å². The highest BCUT2D eigenvalue weighted by Crippen LogP contribution is 2.31. The third-order valence-corrected chi connectivity index (χ3v) is 4.94. The van der Waals surface area contributed by atoms with E-state index in [9.17, 15) is 4.79 Å². The van der Waals surface area contributed by atoms with E-state index in [0.29, 0.717) is 5.56 Å². The zero-order chi connectivity index (χ0) is 13.9. The van der Waals surface area contributed by atoms with Crippen molar-refractivity contribution in [3.8, 4) is 5.75 Å². The lowest BCUT2D eigenvalue weighted by atomic mass is 9.99. The van der Waals surface area contributed by atoms with Crippen molar-refractivity contribution in [1.29, 1.82) is 0 Å². The van der Waals surface area contributed by atoms with Gasteiger partial charge in [-0.25, -0.2) is 0 Å². The van der Waals surface area contributed by atoms with Crippen LogP contribution >= 0.6 is 15.9 Å². The standard InChI is InChI=1S/C15H20BrNO2/c1-11-5-6-12(9-13(11)19-2)14(18)17-15(10-16)7-3-4-8-15/h5-6,9H,3-4,7-8,10H2,1-2H3,(H,17,18). The Labute approximate surface area is 122 Å². The largest absolute Gasteiger partial charge is 0.496 e. The van der Waals surface area contributed by atoms with Crippen LogP contribution in [0.15, 0.2) is 18.2 Å². The zero-order valence-electron chi connectivity index (χ0n) is 11.5. The predicted molar refractivity (Wildman–Crippen MR) is 80.2 cm³/mol. The topological polar surface area (TPSA) is 38.3 Å². The van der Waals surface area contributed by atoms with E-state index in [-0.39, 0.29) is 11.4 Å². The number of carbonyl (C=O) groups excluding carboxylic acids is 1. The van der Waals surface area contributed by atoms with Crippen molar-refractivity contribution in [2.45, 2.75) is 38.1 Å². The highest BCUT2D eigenvalue weighted by molar-refractivity contribution is 9.09. The Hall–Kier alpha value is -1.03. The van der Waals surface area contributed by atoms with Gasteiger partial charge in [0.05, 0.1) is 12.6 Å². The second-order valence-corrected chi connectivity index (χ2v) is 5.82. The number of methoxy groups -OCH3 is 1. The van der Waals surface area contributed by atoms with Gasteiger partial charge in [-0.15, -0.1) is 0 Å². The lowest BCUT2D eigenvalue weighted by Crippen LogP contribution is -2.47. The van der Waals surface area contributed by atoms with E-state index in [2.05, 4.69) is 21.2 Å². The Morgan fingerprint density at radius 1 is 1.42 bits per heavy atom. The Bertz CT molecular complexity index is 467. The fraction of sp³-hybridized carbons (Fsp3) is 0.533. The molecule has 0 spiro atoms. The number of halogens is 1. The molecule has 0 saturated heterocycles.